The van der Waals surface area contributed by atoms with Crippen LogP contribution in [0, 0.1) is 6.92 Å². The molecule has 0 atom stereocenters. The molecular formula is C11H16N6. The molecule has 1 fully saturated rings. The molecule has 0 aliphatic carbocycles. The van der Waals surface area contributed by atoms with Crippen LogP contribution in [0.5, 0.6) is 0 Å². The molecule has 3 heterocycles. The lowest BCUT2D eigenvalue weighted by atomic mass is 10.4. The molecule has 0 spiro atoms. The van der Waals surface area contributed by atoms with Crippen LogP contribution in [0.3, 0.4) is 0 Å². The van der Waals surface area contributed by atoms with Crippen molar-refractivity contribution in [3.63, 3.8) is 0 Å². The minimum atomic E-state index is 0.676. The van der Waals surface area contributed by atoms with Crippen LogP contribution >= 0.6 is 0 Å². The number of rotatable bonds is 2. The fraction of sp³-hybridized carbons (Fsp3) is 0.455. The molecule has 6 heteroatoms. The number of nitrogens with two attached hydrogens (primary N) is 1. The highest BCUT2D eigenvalue weighted by atomic mass is 15.4. The van der Waals surface area contributed by atoms with E-state index in [1.165, 1.54) is 12.8 Å². The maximum absolute atomic E-state index is 5.52. The Kier molecular flexibility index (Phi) is 2.36. The molecular weight excluding hydrogens is 216 g/mol. The molecule has 0 aromatic carbocycles. The second kappa shape index (κ2) is 3.89. The lowest BCUT2D eigenvalue weighted by Crippen LogP contribution is -2.23. The summed E-state index contributed by atoms with van der Waals surface area (Å²) in [7, 11) is 0. The van der Waals surface area contributed by atoms with Crippen molar-refractivity contribution < 1.29 is 0 Å². The first-order chi connectivity index (χ1) is 8.28. The SMILES string of the molecule is Cc1cc2c(NN)nc(N3CCCC3)nn2c1. The number of hydrogen-bond donors (Lipinski definition) is 2. The first kappa shape index (κ1) is 10.3. The third-order valence-corrected chi connectivity index (χ3v) is 3.11. The Bertz CT molecular complexity index is 540. The molecule has 90 valence electrons. The van der Waals surface area contributed by atoms with Gasteiger partial charge in [0.15, 0.2) is 5.82 Å². The standard InChI is InChI=1S/C11H16N6/c1-8-6-9-10(14-12)13-11(15-17(9)7-8)16-4-2-3-5-16/h6-7H,2-5,12H2,1H3,(H,13,14,15). The fourth-order valence-corrected chi connectivity index (χ4v) is 2.27. The summed E-state index contributed by atoms with van der Waals surface area (Å²) in [5.74, 6) is 6.95. The van der Waals surface area contributed by atoms with Gasteiger partial charge >= 0.3 is 0 Å². The Hall–Kier alpha value is -1.82. The molecule has 0 saturated carbocycles. The molecule has 6 nitrogen and oxygen atoms in total. The maximum atomic E-state index is 5.52. The highest BCUT2D eigenvalue weighted by Gasteiger charge is 2.17. The average Bonchev–Trinajstić information content (AvgIpc) is 2.94. The Morgan fingerprint density at radius 1 is 1.35 bits per heavy atom. The van der Waals surface area contributed by atoms with Crippen LogP contribution in [0.4, 0.5) is 11.8 Å². The largest absolute Gasteiger partial charge is 0.340 e. The zero-order chi connectivity index (χ0) is 11.8. The van der Waals surface area contributed by atoms with Gasteiger partial charge < -0.3 is 10.3 Å². The van der Waals surface area contributed by atoms with Gasteiger partial charge in [-0.05, 0) is 31.4 Å². The van der Waals surface area contributed by atoms with Crippen molar-refractivity contribution in [2.75, 3.05) is 23.4 Å². The lowest BCUT2D eigenvalue weighted by molar-refractivity contribution is 0.824. The number of hydrazine groups is 1. The van der Waals surface area contributed by atoms with E-state index in [9.17, 15) is 0 Å². The summed E-state index contributed by atoms with van der Waals surface area (Å²) in [6, 6.07) is 2.02. The third kappa shape index (κ3) is 1.70. The van der Waals surface area contributed by atoms with Gasteiger partial charge in [-0.3, -0.25) is 0 Å². The minimum absolute atomic E-state index is 0.676. The zero-order valence-corrected chi connectivity index (χ0v) is 9.85. The van der Waals surface area contributed by atoms with E-state index in [0.29, 0.717) is 5.82 Å². The monoisotopic (exact) mass is 232 g/mol. The van der Waals surface area contributed by atoms with Gasteiger partial charge in [0.25, 0.3) is 0 Å². The van der Waals surface area contributed by atoms with Crippen LogP contribution in [-0.2, 0) is 0 Å². The summed E-state index contributed by atoms with van der Waals surface area (Å²) in [6.45, 7) is 4.08. The number of fused-ring (bicyclic) bond motifs is 1. The van der Waals surface area contributed by atoms with Crippen LogP contribution in [0.15, 0.2) is 12.3 Å². The Morgan fingerprint density at radius 3 is 2.82 bits per heavy atom. The van der Waals surface area contributed by atoms with Gasteiger partial charge in [-0.2, -0.15) is 4.98 Å². The second-order valence-electron chi connectivity index (χ2n) is 4.45. The van der Waals surface area contributed by atoms with Gasteiger partial charge in [-0.25, -0.2) is 10.4 Å². The number of hydrogen-bond acceptors (Lipinski definition) is 5. The van der Waals surface area contributed by atoms with Crippen molar-refractivity contribution in [1.82, 2.24) is 14.6 Å². The minimum Gasteiger partial charge on any atom is -0.340 e. The number of aromatic nitrogens is 3. The summed E-state index contributed by atoms with van der Waals surface area (Å²) in [6.07, 6.45) is 4.40. The van der Waals surface area contributed by atoms with E-state index >= 15 is 0 Å². The van der Waals surface area contributed by atoms with Gasteiger partial charge in [0.2, 0.25) is 5.95 Å². The second-order valence-corrected chi connectivity index (χ2v) is 4.45. The number of aryl methyl sites for hydroxylation is 1. The highest BCUT2D eigenvalue weighted by molar-refractivity contribution is 5.69. The molecule has 0 amide bonds. The van der Waals surface area contributed by atoms with E-state index in [-0.39, 0.29) is 0 Å². The summed E-state index contributed by atoms with van der Waals surface area (Å²) in [5.41, 5.74) is 4.71. The first-order valence-corrected chi connectivity index (χ1v) is 5.86. The quantitative estimate of drug-likeness (QED) is 0.595. The highest BCUT2D eigenvalue weighted by Crippen LogP contribution is 2.21. The number of nitrogens with zero attached hydrogens (tertiary/aromatic N) is 4. The number of nitrogens with one attached hydrogen (secondary N) is 1. The predicted octanol–water partition coefficient (Wildman–Crippen LogP) is 0.924. The molecule has 1 aliphatic heterocycles. The maximum Gasteiger partial charge on any atom is 0.245 e. The Labute approximate surface area is 99.4 Å². The van der Waals surface area contributed by atoms with Crippen molar-refractivity contribution in [3.8, 4) is 0 Å². The number of anilines is 2. The molecule has 1 aliphatic rings. The van der Waals surface area contributed by atoms with E-state index in [4.69, 9.17) is 5.84 Å². The van der Waals surface area contributed by atoms with E-state index in [1.807, 2.05) is 23.7 Å². The lowest BCUT2D eigenvalue weighted by Gasteiger charge is -2.16. The zero-order valence-electron chi connectivity index (χ0n) is 9.85. The topological polar surface area (TPSA) is 71.5 Å². The van der Waals surface area contributed by atoms with Gasteiger partial charge in [-0.1, -0.05) is 0 Å². The average molecular weight is 232 g/mol. The summed E-state index contributed by atoms with van der Waals surface area (Å²) < 4.78 is 1.84. The molecule has 2 aromatic heterocycles. The van der Waals surface area contributed by atoms with E-state index < -0.39 is 0 Å². The summed E-state index contributed by atoms with van der Waals surface area (Å²) >= 11 is 0. The van der Waals surface area contributed by atoms with Crippen LogP contribution in [0.25, 0.3) is 5.52 Å². The van der Waals surface area contributed by atoms with Gasteiger partial charge in [0, 0.05) is 19.3 Å². The van der Waals surface area contributed by atoms with Crippen molar-refractivity contribution in [1.29, 1.82) is 0 Å². The van der Waals surface area contributed by atoms with Gasteiger partial charge in [0.1, 0.15) is 5.52 Å². The van der Waals surface area contributed by atoms with Crippen LogP contribution < -0.4 is 16.2 Å². The van der Waals surface area contributed by atoms with E-state index in [1.54, 1.807) is 0 Å². The van der Waals surface area contributed by atoms with E-state index in [2.05, 4.69) is 20.4 Å². The van der Waals surface area contributed by atoms with Crippen molar-refractivity contribution in [3.05, 3.63) is 17.8 Å². The number of nitrogen functional groups attached to an aromatic ring is 1. The molecule has 0 radical (unpaired) electrons. The van der Waals surface area contributed by atoms with E-state index in [0.717, 1.165) is 30.1 Å². The Morgan fingerprint density at radius 2 is 2.12 bits per heavy atom. The van der Waals surface area contributed by atoms with Gasteiger partial charge in [0.05, 0.1) is 0 Å². The smallest absolute Gasteiger partial charge is 0.245 e. The molecule has 17 heavy (non-hydrogen) atoms. The van der Waals surface area contributed by atoms with Crippen LogP contribution in [0.1, 0.15) is 18.4 Å². The van der Waals surface area contributed by atoms with Crippen LogP contribution in [0.2, 0.25) is 0 Å². The predicted molar refractivity (Wildman–Crippen MR) is 67.0 cm³/mol. The molecule has 1 saturated heterocycles. The summed E-state index contributed by atoms with van der Waals surface area (Å²) in [4.78, 5) is 6.66. The van der Waals surface area contributed by atoms with Crippen molar-refractivity contribution in [2.24, 2.45) is 5.84 Å². The van der Waals surface area contributed by atoms with Crippen LogP contribution in [-0.4, -0.2) is 27.7 Å². The third-order valence-electron chi connectivity index (χ3n) is 3.11. The normalized spacial score (nSPS) is 15.8. The Balaban J connectivity index is 2.13. The van der Waals surface area contributed by atoms with Crippen molar-refractivity contribution in [2.45, 2.75) is 19.8 Å². The molecule has 3 rings (SSSR count). The molecule has 2 aromatic rings. The molecule has 0 unspecified atom stereocenters. The van der Waals surface area contributed by atoms with Gasteiger partial charge in [-0.15, -0.1) is 5.10 Å². The summed E-state index contributed by atoms with van der Waals surface area (Å²) in [5, 5.41) is 4.52. The molecule has 0 bridgehead atoms. The fourth-order valence-electron chi connectivity index (χ4n) is 2.27. The van der Waals surface area contributed by atoms with Crippen molar-refractivity contribution >= 4 is 17.3 Å². The molecule has 3 N–H and O–H groups in total. The first-order valence-electron chi connectivity index (χ1n) is 5.86.